The van der Waals surface area contributed by atoms with Crippen LogP contribution in [0.1, 0.15) is 56.6 Å². The van der Waals surface area contributed by atoms with Crippen LogP contribution >= 0.6 is 0 Å². The first-order chi connectivity index (χ1) is 12.6. The lowest BCUT2D eigenvalue weighted by atomic mass is 9.46. The number of aromatic nitrogens is 2. The Labute approximate surface area is 153 Å². The van der Waals surface area contributed by atoms with Gasteiger partial charge in [0.05, 0.1) is 36.0 Å². The summed E-state index contributed by atoms with van der Waals surface area (Å²) in [5.41, 5.74) is 3.09. The van der Waals surface area contributed by atoms with Crippen LogP contribution in [-0.4, -0.2) is 31.5 Å². The number of aliphatic hydroxyl groups is 2. The number of nitrogens with zero attached hydrogens (tertiary/aromatic N) is 2. The summed E-state index contributed by atoms with van der Waals surface area (Å²) >= 11 is 0. The standard InChI is InChI=1S/C22H26N2O2/c25-20(21-7-14-5-15(8-21)10-22(26,9-14)12-21)6-18-16-3-1-2-4-17(16)19-11-23-13-24(18)19/h1-4,11,13-15,18,20,25-26H,5-10,12H2/t14?,15?,18-,20+,21?,22?/m0/s1. The van der Waals surface area contributed by atoms with Crippen molar-refractivity contribution in [2.75, 3.05) is 0 Å². The van der Waals surface area contributed by atoms with Gasteiger partial charge < -0.3 is 14.8 Å². The van der Waals surface area contributed by atoms with Gasteiger partial charge in [-0.3, -0.25) is 0 Å². The van der Waals surface area contributed by atoms with Crippen molar-refractivity contribution in [3.8, 4) is 11.3 Å². The predicted octanol–water partition coefficient (Wildman–Crippen LogP) is 3.54. The topological polar surface area (TPSA) is 58.3 Å². The van der Waals surface area contributed by atoms with Crippen LogP contribution in [0.25, 0.3) is 11.3 Å². The number of imidazole rings is 1. The molecule has 1 aromatic heterocycles. The summed E-state index contributed by atoms with van der Waals surface area (Å²) in [7, 11) is 0. The van der Waals surface area contributed by atoms with Crippen LogP contribution < -0.4 is 0 Å². The lowest BCUT2D eigenvalue weighted by molar-refractivity contribution is -0.197. The zero-order chi connectivity index (χ0) is 17.5. The molecule has 4 fully saturated rings. The van der Waals surface area contributed by atoms with E-state index >= 15 is 0 Å². The molecule has 2 N–H and O–H groups in total. The van der Waals surface area contributed by atoms with Crippen molar-refractivity contribution in [3.63, 3.8) is 0 Å². The van der Waals surface area contributed by atoms with Gasteiger partial charge in [0.15, 0.2) is 0 Å². The quantitative estimate of drug-likeness (QED) is 0.890. The Bertz CT molecular complexity index is 859. The molecule has 4 bridgehead atoms. The first-order valence-electron chi connectivity index (χ1n) is 10.1. The number of rotatable bonds is 3. The Morgan fingerprint density at radius 3 is 2.69 bits per heavy atom. The van der Waals surface area contributed by atoms with Crippen LogP contribution in [0, 0.1) is 17.3 Å². The van der Waals surface area contributed by atoms with Crippen LogP contribution in [0.4, 0.5) is 0 Å². The second-order valence-corrected chi connectivity index (χ2v) is 9.59. The molecule has 26 heavy (non-hydrogen) atoms. The minimum atomic E-state index is -0.515. The normalized spacial score (nSPS) is 40.5. The fourth-order valence-corrected chi connectivity index (χ4v) is 7.31. The van der Waals surface area contributed by atoms with Crippen LogP contribution in [0.2, 0.25) is 0 Å². The number of fused-ring (bicyclic) bond motifs is 3. The van der Waals surface area contributed by atoms with Crippen LogP contribution in [0.3, 0.4) is 0 Å². The van der Waals surface area contributed by atoms with Crippen LogP contribution in [-0.2, 0) is 0 Å². The summed E-state index contributed by atoms with van der Waals surface area (Å²) in [6.45, 7) is 0. The molecule has 4 nitrogen and oxygen atoms in total. The number of benzene rings is 1. The smallest absolute Gasteiger partial charge is 0.0956 e. The van der Waals surface area contributed by atoms with Gasteiger partial charge in [0.1, 0.15) is 0 Å². The van der Waals surface area contributed by atoms with E-state index in [1.54, 1.807) is 0 Å². The maximum atomic E-state index is 11.4. The average molecular weight is 350 g/mol. The molecule has 4 aliphatic carbocycles. The highest BCUT2D eigenvalue weighted by molar-refractivity contribution is 5.68. The third kappa shape index (κ3) is 2.00. The van der Waals surface area contributed by atoms with Gasteiger partial charge in [-0.25, -0.2) is 4.98 Å². The third-order valence-corrected chi connectivity index (χ3v) is 7.83. The second-order valence-electron chi connectivity index (χ2n) is 9.59. The van der Waals surface area contributed by atoms with Crippen molar-refractivity contribution in [3.05, 3.63) is 42.4 Å². The molecular weight excluding hydrogens is 324 g/mol. The zero-order valence-electron chi connectivity index (χ0n) is 15.0. The van der Waals surface area contributed by atoms with Gasteiger partial charge in [-0.15, -0.1) is 0 Å². The molecule has 2 unspecified atom stereocenters. The molecule has 4 heteroatoms. The third-order valence-electron chi connectivity index (χ3n) is 7.83. The maximum absolute atomic E-state index is 11.4. The maximum Gasteiger partial charge on any atom is 0.0956 e. The highest BCUT2D eigenvalue weighted by atomic mass is 16.3. The molecule has 2 heterocycles. The molecule has 4 atom stereocenters. The summed E-state index contributed by atoms with van der Waals surface area (Å²) in [5, 5.41) is 22.5. The SMILES string of the molecule is O[C@H](C[C@H]1c2ccccc2-c2cncn21)C12CC3CC(CC(O)(C3)C1)C2. The lowest BCUT2D eigenvalue weighted by Crippen LogP contribution is -2.59. The van der Waals surface area contributed by atoms with Crippen molar-refractivity contribution in [1.29, 1.82) is 0 Å². The molecule has 1 aromatic carbocycles. The monoisotopic (exact) mass is 350 g/mol. The number of aliphatic hydroxyl groups excluding tert-OH is 1. The summed E-state index contributed by atoms with van der Waals surface area (Å²) in [6.07, 6.45) is 10.3. The molecule has 0 saturated heterocycles. The molecule has 7 rings (SSSR count). The van der Waals surface area contributed by atoms with Crippen molar-refractivity contribution in [2.24, 2.45) is 17.3 Å². The molecule has 0 radical (unpaired) electrons. The van der Waals surface area contributed by atoms with Gasteiger partial charge in [0, 0.05) is 5.56 Å². The predicted molar refractivity (Wildman–Crippen MR) is 98.5 cm³/mol. The van der Waals surface area contributed by atoms with E-state index < -0.39 is 5.60 Å². The summed E-state index contributed by atoms with van der Waals surface area (Å²) < 4.78 is 2.23. The highest BCUT2D eigenvalue weighted by Crippen LogP contribution is 2.63. The summed E-state index contributed by atoms with van der Waals surface area (Å²) in [4.78, 5) is 4.34. The average Bonchev–Trinajstić information content (AvgIpc) is 3.15. The van der Waals surface area contributed by atoms with Gasteiger partial charge in [-0.1, -0.05) is 24.3 Å². The Morgan fingerprint density at radius 2 is 1.92 bits per heavy atom. The second kappa shape index (κ2) is 4.99. The molecule has 2 aromatic rings. The molecule has 5 aliphatic rings. The fourth-order valence-electron chi connectivity index (χ4n) is 7.31. The Hall–Kier alpha value is -1.65. The lowest BCUT2D eigenvalue weighted by Gasteiger charge is -2.61. The summed E-state index contributed by atoms with van der Waals surface area (Å²) in [5.74, 6) is 1.21. The van der Waals surface area contributed by atoms with E-state index in [0.29, 0.717) is 11.8 Å². The van der Waals surface area contributed by atoms with Crippen molar-refractivity contribution in [1.82, 2.24) is 9.55 Å². The Morgan fingerprint density at radius 1 is 1.15 bits per heavy atom. The first-order valence-corrected chi connectivity index (χ1v) is 10.1. The van der Waals surface area contributed by atoms with Crippen molar-refractivity contribution < 1.29 is 10.2 Å². The van der Waals surface area contributed by atoms with Crippen LogP contribution in [0.15, 0.2) is 36.8 Å². The number of hydrogen-bond acceptors (Lipinski definition) is 3. The first kappa shape index (κ1) is 15.4. The summed E-state index contributed by atoms with van der Waals surface area (Å²) in [6, 6.07) is 8.66. The number of hydrogen-bond donors (Lipinski definition) is 2. The largest absolute Gasteiger partial charge is 0.392 e. The van der Waals surface area contributed by atoms with Gasteiger partial charge >= 0.3 is 0 Å². The minimum Gasteiger partial charge on any atom is -0.392 e. The zero-order valence-corrected chi connectivity index (χ0v) is 15.0. The molecule has 4 saturated carbocycles. The Kier molecular flexibility index (Phi) is 2.96. The minimum absolute atomic E-state index is 0.0862. The van der Waals surface area contributed by atoms with E-state index in [9.17, 15) is 10.2 Å². The van der Waals surface area contributed by atoms with E-state index in [4.69, 9.17) is 0 Å². The van der Waals surface area contributed by atoms with Gasteiger partial charge in [-0.2, -0.15) is 0 Å². The van der Waals surface area contributed by atoms with E-state index in [2.05, 4.69) is 33.8 Å². The van der Waals surface area contributed by atoms with Crippen molar-refractivity contribution >= 4 is 0 Å². The van der Waals surface area contributed by atoms with Gasteiger partial charge in [0.25, 0.3) is 0 Å². The Balaban J connectivity index is 1.34. The van der Waals surface area contributed by atoms with E-state index in [1.165, 1.54) is 17.5 Å². The molecule has 1 aliphatic heterocycles. The van der Waals surface area contributed by atoms with Crippen molar-refractivity contribution in [2.45, 2.75) is 62.7 Å². The molecule has 136 valence electrons. The highest BCUT2D eigenvalue weighted by Gasteiger charge is 2.59. The molecular formula is C22H26N2O2. The van der Waals surface area contributed by atoms with Crippen LogP contribution in [0.5, 0.6) is 0 Å². The van der Waals surface area contributed by atoms with Gasteiger partial charge in [-0.05, 0) is 67.8 Å². The van der Waals surface area contributed by atoms with E-state index in [-0.39, 0.29) is 17.6 Å². The van der Waals surface area contributed by atoms with E-state index in [1.807, 2.05) is 12.5 Å². The van der Waals surface area contributed by atoms with Gasteiger partial charge in [0.2, 0.25) is 0 Å². The molecule has 0 spiro atoms. The molecule has 0 amide bonds. The fraction of sp³-hybridized carbons (Fsp3) is 0.591. The van der Waals surface area contributed by atoms with E-state index in [0.717, 1.165) is 44.2 Å².